The van der Waals surface area contributed by atoms with Crippen LogP contribution in [0.3, 0.4) is 0 Å². The third-order valence-electron chi connectivity index (χ3n) is 3.65. The van der Waals surface area contributed by atoms with Gasteiger partial charge in [-0.05, 0) is 30.3 Å². The highest BCUT2D eigenvalue weighted by Crippen LogP contribution is 2.39. The van der Waals surface area contributed by atoms with Crippen molar-refractivity contribution < 1.29 is 27.1 Å². The number of furan rings is 1. The van der Waals surface area contributed by atoms with Gasteiger partial charge in [0.15, 0.2) is 0 Å². The number of carbonyl (C=O) groups is 1. The van der Waals surface area contributed by atoms with Crippen LogP contribution in [0, 0.1) is 0 Å². The average Bonchev–Trinajstić information content (AvgIpc) is 3.02. The Morgan fingerprint density at radius 1 is 1.28 bits per heavy atom. The van der Waals surface area contributed by atoms with Gasteiger partial charge in [-0.2, -0.15) is 13.2 Å². The van der Waals surface area contributed by atoms with Crippen LogP contribution in [0.5, 0.6) is 0 Å². The summed E-state index contributed by atoms with van der Waals surface area (Å²) in [5, 5.41) is 0.282. The molecule has 2 aromatic heterocycles. The zero-order valence-corrected chi connectivity index (χ0v) is 13.1. The first-order chi connectivity index (χ1) is 11.8. The zero-order chi connectivity index (χ0) is 18.2. The predicted molar refractivity (Wildman–Crippen MR) is 83.7 cm³/mol. The highest BCUT2D eigenvalue weighted by atomic mass is 19.4. The molecule has 5 nitrogen and oxygen atoms in total. The monoisotopic (exact) mass is 350 g/mol. The molecule has 0 spiro atoms. The second-order valence-corrected chi connectivity index (χ2v) is 5.28. The van der Waals surface area contributed by atoms with E-state index in [1.807, 2.05) is 0 Å². The summed E-state index contributed by atoms with van der Waals surface area (Å²) in [6, 6.07) is 6.86. The van der Waals surface area contributed by atoms with E-state index in [1.165, 1.54) is 37.6 Å². The van der Waals surface area contributed by atoms with E-state index < -0.39 is 17.7 Å². The van der Waals surface area contributed by atoms with Gasteiger partial charge in [0.05, 0.1) is 30.5 Å². The van der Waals surface area contributed by atoms with Crippen LogP contribution in [0.2, 0.25) is 0 Å². The number of rotatable bonds is 3. The molecule has 0 fully saturated rings. The fraction of sp³-hybridized carbons (Fsp3) is 0.176. The summed E-state index contributed by atoms with van der Waals surface area (Å²) < 4.78 is 49.9. The Balaban J connectivity index is 2.14. The van der Waals surface area contributed by atoms with E-state index in [1.54, 1.807) is 0 Å². The first-order valence-corrected chi connectivity index (χ1v) is 7.22. The topological polar surface area (TPSA) is 78.3 Å². The molecule has 25 heavy (non-hydrogen) atoms. The molecule has 2 N–H and O–H groups in total. The Bertz CT molecular complexity index is 931. The minimum Gasteiger partial charge on any atom is -0.465 e. The maximum atomic E-state index is 13.4. The molecule has 0 saturated heterocycles. The van der Waals surface area contributed by atoms with Crippen molar-refractivity contribution in [3.8, 4) is 11.3 Å². The summed E-state index contributed by atoms with van der Waals surface area (Å²) >= 11 is 0. The first kappa shape index (κ1) is 17.0. The minimum atomic E-state index is -4.59. The molecule has 0 radical (unpaired) electrons. The van der Waals surface area contributed by atoms with Crippen LogP contribution in [-0.4, -0.2) is 18.1 Å². The molecule has 3 aromatic rings. The van der Waals surface area contributed by atoms with Gasteiger partial charge in [-0.15, -0.1) is 0 Å². The highest BCUT2D eigenvalue weighted by Gasteiger charge is 2.35. The highest BCUT2D eigenvalue weighted by molar-refractivity contribution is 5.90. The second-order valence-electron chi connectivity index (χ2n) is 5.28. The Hall–Kier alpha value is -2.87. The molecule has 0 amide bonds. The molecule has 0 aliphatic rings. The number of carbonyl (C=O) groups excluding carboxylic acids is 1. The lowest BCUT2D eigenvalue weighted by Crippen LogP contribution is -2.06. The van der Waals surface area contributed by atoms with Gasteiger partial charge in [-0.3, -0.25) is 4.98 Å². The number of esters is 1. The first-order valence-electron chi connectivity index (χ1n) is 7.22. The van der Waals surface area contributed by atoms with E-state index in [0.717, 1.165) is 6.07 Å². The number of fused-ring (bicyclic) bond motifs is 1. The van der Waals surface area contributed by atoms with Crippen LogP contribution in [0.25, 0.3) is 22.2 Å². The summed E-state index contributed by atoms with van der Waals surface area (Å²) in [4.78, 5) is 15.5. The molecule has 0 atom stereocenters. The van der Waals surface area contributed by atoms with Crippen LogP contribution in [0.1, 0.15) is 21.7 Å². The number of alkyl halides is 3. The zero-order valence-electron chi connectivity index (χ0n) is 13.1. The standard InChI is InChI=1S/C17H13F3N2O3/c1-24-16(23)9-2-3-14(22-8-9)10-4-11-5-12(7-21)25-15(11)13(6-10)17(18,19)20/h2-6,8H,7,21H2,1H3. The van der Waals surface area contributed by atoms with E-state index in [0.29, 0.717) is 0 Å². The minimum absolute atomic E-state index is 0.00656. The Morgan fingerprint density at radius 3 is 2.60 bits per heavy atom. The summed E-state index contributed by atoms with van der Waals surface area (Å²) in [6.07, 6.45) is -3.34. The van der Waals surface area contributed by atoms with Crippen molar-refractivity contribution >= 4 is 16.9 Å². The van der Waals surface area contributed by atoms with Crippen molar-refractivity contribution in [1.29, 1.82) is 0 Å². The molecule has 1 aromatic carbocycles. The molecule has 0 bridgehead atoms. The van der Waals surface area contributed by atoms with Crippen LogP contribution >= 0.6 is 0 Å². The summed E-state index contributed by atoms with van der Waals surface area (Å²) in [5.41, 5.74) is 5.03. The van der Waals surface area contributed by atoms with Gasteiger partial charge in [-0.25, -0.2) is 4.79 Å². The van der Waals surface area contributed by atoms with Gasteiger partial charge < -0.3 is 14.9 Å². The maximum absolute atomic E-state index is 13.4. The van der Waals surface area contributed by atoms with E-state index in [9.17, 15) is 18.0 Å². The summed E-state index contributed by atoms with van der Waals surface area (Å²) in [6.45, 7) is -0.00656. The number of nitrogens with two attached hydrogens (primary N) is 1. The average molecular weight is 350 g/mol. The van der Waals surface area contributed by atoms with Crippen LogP contribution in [0.15, 0.2) is 40.9 Å². The molecule has 0 saturated carbocycles. The molecule has 0 aliphatic heterocycles. The van der Waals surface area contributed by atoms with Gasteiger partial charge in [0.25, 0.3) is 0 Å². The molecular formula is C17H13F3N2O3. The molecular weight excluding hydrogens is 337 g/mol. The lowest BCUT2D eigenvalue weighted by atomic mass is 10.0. The second kappa shape index (κ2) is 6.21. The van der Waals surface area contributed by atoms with E-state index in [-0.39, 0.29) is 40.1 Å². The lowest BCUT2D eigenvalue weighted by Gasteiger charge is -2.10. The van der Waals surface area contributed by atoms with Crippen molar-refractivity contribution in [2.45, 2.75) is 12.7 Å². The van der Waals surface area contributed by atoms with Crippen molar-refractivity contribution in [2.24, 2.45) is 5.73 Å². The van der Waals surface area contributed by atoms with Crippen LogP contribution in [-0.2, 0) is 17.5 Å². The number of benzene rings is 1. The largest absolute Gasteiger partial charge is 0.465 e. The van der Waals surface area contributed by atoms with Crippen molar-refractivity contribution in [1.82, 2.24) is 4.98 Å². The predicted octanol–water partition coefficient (Wildman–Crippen LogP) is 3.76. The van der Waals surface area contributed by atoms with Gasteiger partial charge in [-0.1, -0.05) is 0 Å². The normalized spacial score (nSPS) is 11.7. The molecule has 0 unspecified atom stereocenters. The Morgan fingerprint density at radius 2 is 2.04 bits per heavy atom. The molecule has 0 aliphatic carbocycles. The number of halogens is 3. The number of methoxy groups -OCH3 is 1. The Labute approximate surface area is 140 Å². The number of pyridine rings is 1. The van der Waals surface area contributed by atoms with Gasteiger partial charge in [0.2, 0.25) is 0 Å². The number of nitrogens with zero attached hydrogens (tertiary/aromatic N) is 1. The fourth-order valence-electron chi connectivity index (χ4n) is 2.47. The number of hydrogen-bond donors (Lipinski definition) is 1. The molecule has 2 heterocycles. The number of aromatic nitrogens is 1. The van der Waals surface area contributed by atoms with Crippen molar-refractivity contribution in [3.63, 3.8) is 0 Å². The fourth-order valence-corrected chi connectivity index (χ4v) is 2.47. The molecule has 130 valence electrons. The van der Waals surface area contributed by atoms with Gasteiger partial charge in [0, 0.05) is 17.1 Å². The summed E-state index contributed by atoms with van der Waals surface area (Å²) in [5.74, 6) is -0.320. The van der Waals surface area contributed by atoms with Gasteiger partial charge in [0.1, 0.15) is 11.3 Å². The maximum Gasteiger partial charge on any atom is 0.420 e. The van der Waals surface area contributed by atoms with Crippen LogP contribution < -0.4 is 5.73 Å². The van der Waals surface area contributed by atoms with Crippen molar-refractivity contribution in [2.75, 3.05) is 7.11 Å². The molecule has 3 rings (SSSR count). The number of ether oxygens (including phenoxy) is 1. The summed E-state index contributed by atoms with van der Waals surface area (Å²) in [7, 11) is 1.23. The Kier molecular flexibility index (Phi) is 4.22. The van der Waals surface area contributed by atoms with Gasteiger partial charge >= 0.3 is 12.1 Å². The smallest absolute Gasteiger partial charge is 0.420 e. The van der Waals surface area contributed by atoms with Crippen molar-refractivity contribution in [3.05, 3.63) is 53.4 Å². The number of hydrogen-bond acceptors (Lipinski definition) is 5. The third-order valence-corrected chi connectivity index (χ3v) is 3.65. The van der Waals surface area contributed by atoms with E-state index in [4.69, 9.17) is 10.2 Å². The third kappa shape index (κ3) is 3.20. The van der Waals surface area contributed by atoms with E-state index in [2.05, 4.69) is 9.72 Å². The van der Waals surface area contributed by atoms with Crippen LogP contribution in [0.4, 0.5) is 13.2 Å². The quantitative estimate of drug-likeness (QED) is 0.728. The molecule has 8 heteroatoms. The SMILES string of the molecule is COC(=O)c1ccc(-c2cc(C(F)(F)F)c3oc(CN)cc3c2)nc1. The van der Waals surface area contributed by atoms with E-state index >= 15 is 0 Å². The lowest BCUT2D eigenvalue weighted by molar-refractivity contribution is -0.136.